The summed E-state index contributed by atoms with van der Waals surface area (Å²) < 4.78 is 16.4. The molecule has 0 saturated heterocycles. The largest absolute Gasteiger partial charge is 0.491 e. The van der Waals surface area contributed by atoms with Gasteiger partial charge in [-0.15, -0.1) is 0 Å². The topological polar surface area (TPSA) is 39.7 Å². The van der Waals surface area contributed by atoms with E-state index in [2.05, 4.69) is 24.4 Å². The number of nitrogens with one attached hydrogen (secondary N) is 1. The predicted molar refractivity (Wildman–Crippen MR) is 83.7 cm³/mol. The van der Waals surface area contributed by atoms with Gasteiger partial charge < -0.3 is 19.5 Å². The van der Waals surface area contributed by atoms with Crippen LogP contribution in [-0.4, -0.2) is 39.1 Å². The highest BCUT2D eigenvalue weighted by Crippen LogP contribution is 2.19. The number of rotatable bonds is 12. The molecule has 21 heavy (non-hydrogen) atoms. The number of benzene rings is 1. The Morgan fingerprint density at radius 3 is 2.29 bits per heavy atom. The summed E-state index contributed by atoms with van der Waals surface area (Å²) >= 11 is 0. The van der Waals surface area contributed by atoms with E-state index in [4.69, 9.17) is 14.2 Å². The molecule has 1 fully saturated rings. The summed E-state index contributed by atoms with van der Waals surface area (Å²) in [6.45, 7) is 6.33. The summed E-state index contributed by atoms with van der Waals surface area (Å²) in [7, 11) is 0. The maximum absolute atomic E-state index is 5.64. The van der Waals surface area contributed by atoms with Crippen LogP contribution in [0.2, 0.25) is 0 Å². The van der Waals surface area contributed by atoms with Gasteiger partial charge in [-0.25, -0.2) is 0 Å². The van der Waals surface area contributed by atoms with Crippen LogP contribution in [0.3, 0.4) is 0 Å². The van der Waals surface area contributed by atoms with Crippen LogP contribution in [0.25, 0.3) is 0 Å². The van der Waals surface area contributed by atoms with Crippen LogP contribution in [0, 0.1) is 0 Å². The Hall–Kier alpha value is -1.10. The van der Waals surface area contributed by atoms with E-state index in [0.29, 0.717) is 26.4 Å². The molecule has 0 amide bonds. The maximum atomic E-state index is 5.64. The molecule has 4 nitrogen and oxygen atoms in total. The van der Waals surface area contributed by atoms with Crippen molar-refractivity contribution < 1.29 is 14.2 Å². The van der Waals surface area contributed by atoms with Crippen LogP contribution in [0.4, 0.5) is 0 Å². The van der Waals surface area contributed by atoms with Gasteiger partial charge in [0.1, 0.15) is 12.4 Å². The molecule has 4 heteroatoms. The Labute approximate surface area is 127 Å². The van der Waals surface area contributed by atoms with Crippen LogP contribution >= 0.6 is 0 Å². The fourth-order valence-electron chi connectivity index (χ4n) is 1.94. The molecule has 0 spiro atoms. The lowest BCUT2D eigenvalue weighted by atomic mass is 10.2. The second kappa shape index (κ2) is 9.77. The molecule has 0 radical (unpaired) electrons. The third kappa shape index (κ3) is 7.46. The van der Waals surface area contributed by atoms with E-state index in [1.54, 1.807) is 0 Å². The van der Waals surface area contributed by atoms with E-state index in [1.807, 2.05) is 12.1 Å². The van der Waals surface area contributed by atoms with Gasteiger partial charge in [0.05, 0.1) is 19.8 Å². The summed E-state index contributed by atoms with van der Waals surface area (Å²) in [5, 5.41) is 3.50. The highest BCUT2D eigenvalue weighted by atomic mass is 16.5. The van der Waals surface area contributed by atoms with Gasteiger partial charge in [0.25, 0.3) is 0 Å². The van der Waals surface area contributed by atoms with Gasteiger partial charge in [-0.2, -0.15) is 0 Å². The first-order valence-corrected chi connectivity index (χ1v) is 7.99. The van der Waals surface area contributed by atoms with E-state index in [0.717, 1.165) is 31.4 Å². The van der Waals surface area contributed by atoms with Crippen molar-refractivity contribution in [1.82, 2.24) is 5.32 Å². The zero-order valence-corrected chi connectivity index (χ0v) is 13.0. The fourth-order valence-corrected chi connectivity index (χ4v) is 1.94. The smallest absolute Gasteiger partial charge is 0.119 e. The molecule has 1 aromatic carbocycles. The van der Waals surface area contributed by atoms with E-state index >= 15 is 0 Å². The Balaban J connectivity index is 1.49. The number of ether oxygens (including phenoxy) is 3. The highest BCUT2D eigenvalue weighted by molar-refractivity contribution is 5.27. The molecule has 1 aliphatic rings. The third-order valence-electron chi connectivity index (χ3n) is 3.31. The minimum atomic E-state index is 0.577. The van der Waals surface area contributed by atoms with Crippen LogP contribution in [-0.2, 0) is 16.0 Å². The van der Waals surface area contributed by atoms with Crippen LogP contribution in [0.5, 0.6) is 5.75 Å². The Morgan fingerprint density at radius 1 is 0.952 bits per heavy atom. The Morgan fingerprint density at radius 2 is 1.62 bits per heavy atom. The Kier molecular flexibility index (Phi) is 7.57. The van der Waals surface area contributed by atoms with Crippen molar-refractivity contribution in [2.24, 2.45) is 0 Å². The monoisotopic (exact) mass is 293 g/mol. The second-order valence-corrected chi connectivity index (χ2v) is 5.37. The minimum Gasteiger partial charge on any atom is -0.491 e. The molecule has 1 saturated carbocycles. The lowest BCUT2D eigenvalue weighted by Gasteiger charge is -2.08. The minimum absolute atomic E-state index is 0.577. The van der Waals surface area contributed by atoms with Gasteiger partial charge in [0.15, 0.2) is 0 Å². The molecule has 0 heterocycles. The molecular formula is C17H27NO3. The molecule has 0 unspecified atom stereocenters. The normalized spacial score (nSPS) is 14.3. The number of hydrogen-bond acceptors (Lipinski definition) is 4. The second-order valence-electron chi connectivity index (χ2n) is 5.37. The van der Waals surface area contributed by atoms with Gasteiger partial charge in [-0.3, -0.25) is 0 Å². The van der Waals surface area contributed by atoms with E-state index in [-0.39, 0.29) is 0 Å². The molecule has 2 rings (SSSR count). The summed E-state index contributed by atoms with van der Waals surface area (Å²) in [4.78, 5) is 0. The molecule has 1 aromatic rings. The maximum Gasteiger partial charge on any atom is 0.119 e. The summed E-state index contributed by atoms with van der Waals surface area (Å²) in [5.41, 5.74) is 1.30. The van der Waals surface area contributed by atoms with Crippen molar-refractivity contribution in [3.05, 3.63) is 29.8 Å². The van der Waals surface area contributed by atoms with E-state index < -0.39 is 0 Å². The van der Waals surface area contributed by atoms with Crippen molar-refractivity contribution in [2.75, 3.05) is 33.0 Å². The van der Waals surface area contributed by atoms with Crippen molar-refractivity contribution in [1.29, 1.82) is 0 Å². The lowest BCUT2D eigenvalue weighted by Crippen LogP contribution is -2.15. The first-order valence-electron chi connectivity index (χ1n) is 7.99. The van der Waals surface area contributed by atoms with Gasteiger partial charge in [-0.1, -0.05) is 19.1 Å². The predicted octanol–water partition coefficient (Wildman–Crippen LogP) is 2.76. The lowest BCUT2D eigenvalue weighted by molar-refractivity contribution is 0.0366. The molecule has 0 aromatic heterocycles. The molecule has 0 atom stereocenters. The zero-order valence-electron chi connectivity index (χ0n) is 13.0. The molecule has 1 N–H and O–H groups in total. The first kappa shape index (κ1) is 16.3. The molecule has 1 aliphatic carbocycles. The average molecular weight is 293 g/mol. The summed E-state index contributed by atoms with van der Waals surface area (Å²) in [6.07, 6.45) is 3.70. The molecule has 118 valence electrons. The van der Waals surface area contributed by atoms with Crippen molar-refractivity contribution >= 4 is 0 Å². The number of hydrogen-bond donors (Lipinski definition) is 1. The van der Waals surface area contributed by atoms with Gasteiger partial charge >= 0.3 is 0 Å². The highest BCUT2D eigenvalue weighted by Gasteiger charge is 2.19. The van der Waals surface area contributed by atoms with Crippen LogP contribution < -0.4 is 10.1 Å². The van der Waals surface area contributed by atoms with Crippen molar-refractivity contribution in [3.63, 3.8) is 0 Å². The Bertz CT molecular complexity index is 376. The quantitative estimate of drug-likeness (QED) is 0.602. The average Bonchev–Trinajstić information content (AvgIpc) is 3.33. The molecular weight excluding hydrogens is 266 g/mol. The third-order valence-corrected chi connectivity index (χ3v) is 3.31. The van der Waals surface area contributed by atoms with Crippen LogP contribution in [0.1, 0.15) is 31.7 Å². The zero-order chi connectivity index (χ0) is 14.8. The van der Waals surface area contributed by atoms with Gasteiger partial charge in [0.2, 0.25) is 0 Å². The SMILES string of the molecule is CCCOCCOCCOc1ccc(CNC2CC2)cc1. The first-order chi connectivity index (χ1) is 10.4. The van der Waals surface area contributed by atoms with Gasteiger partial charge in [0, 0.05) is 19.2 Å². The van der Waals surface area contributed by atoms with Crippen LogP contribution in [0.15, 0.2) is 24.3 Å². The van der Waals surface area contributed by atoms with E-state index in [1.165, 1.54) is 18.4 Å². The summed E-state index contributed by atoms with van der Waals surface area (Å²) in [6, 6.07) is 9.02. The van der Waals surface area contributed by atoms with E-state index in [9.17, 15) is 0 Å². The van der Waals surface area contributed by atoms with Gasteiger partial charge in [-0.05, 0) is 37.0 Å². The summed E-state index contributed by atoms with van der Waals surface area (Å²) in [5.74, 6) is 0.899. The molecule has 0 bridgehead atoms. The van der Waals surface area contributed by atoms with Crippen molar-refractivity contribution in [3.8, 4) is 5.75 Å². The van der Waals surface area contributed by atoms with Crippen molar-refractivity contribution in [2.45, 2.75) is 38.8 Å². The fraction of sp³-hybridized carbons (Fsp3) is 0.647. The molecule has 0 aliphatic heterocycles. The standard InChI is InChI=1S/C17H27NO3/c1-2-9-19-10-11-20-12-13-21-17-7-3-15(4-8-17)14-18-16-5-6-16/h3-4,7-8,16,18H,2,5-6,9-14H2,1H3.